The maximum absolute atomic E-state index is 12.7. The summed E-state index contributed by atoms with van der Waals surface area (Å²) in [5.41, 5.74) is 2.88. The van der Waals surface area contributed by atoms with Gasteiger partial charge in [-0.15, -0.1) is 4.72 Å². The van der Waals surface area contributed by atoms with E-state index in [1.807, 2.05) is 26.8 Å². The Kier molecular flexibility index (Phi) is 4.54. The lowest BCUT2D eigenvalue weighted by Gasteiger charge is -2.40. The molecule has 0 heterocycles. The Morgan fingerprint density at radius 1 is 1.23 bits per heavy atom. The molecule has 0 radical (unpaired) electrons. The molecule has 1 saturated carbocycles. The summed E-state index contributed by atoms with van der Waals surface area (Å²) in [7, 11) is 0. The quantitative estimate of drug-likeness (QED) is 0.774. The minimum absolute atomic E-state index is 0.168. The Bertz CT molecular complexity index is 549. The van der Waals surface area contributed by atoms with Crippen molar-refractivity contribution in [1.29, 1.82) is 0 Å². The van der Waals surface area contributed by atoms with Crippen LogP contribution in [0, 0.1) is 5.41 Å². The summed E-state index contributed by atoms with van der Waals surface area (Å²) in [5.74, 6) is 0. The van der Waals surface area contributed by atoms with E-state index >= 15 is 0 Å². The molecule has 2 atom stereocenters. The predicted octanol–water partition coefficient (Wildman–Crippen LogP) is 4.94. The summed E-state index contributed by atoms with van der Waals surface area (Å²) in [6.07, 6.45) is 7.42. The van der Waals surface area contributed by atoms with Crippen molar-refractivity contribution in [2.45, 2.75) is 70.1 Å². The van der Waals surface area contributed by atoms with Gasteiger partial charge in [-0.25, -0.2) is 0 Å². The Morgan fingerprint density at radius 2 is 1.91 bits per heavy atom. The lowest BCUT2D eigenvalue weighted by molar-refractivity contribution is 0.152. The Balaban J connectivity index is 1.95. The zero-order chi connectivity index (χ0) is 16.0. The highest BCUT2D eigenvalue weighted by Gasteiger charge is 2.49. The van der Waals surface area contributed by atoms with Gasteiger partial charge in [-0.1, -0.05) is 36.9 Å². The summed E-state index contributed by atoms with van der Waals surface area (Å²) >= 11 is 5.18. The first-order valence-corrected chi connectivity index (χ1v) is 9.81. The van der Waals surface area contributed by atoms with Gasteiger partial charge in [-0.2, -0.15) is 0 Å². The van der Waals surface area contributed by atoms with Gasteiger partial charge in [0.05, 0.1) is 6.04 Å². The standard InChI is InChI=1S/C18H26ClNOS/c1-17(2,3)22(21)20-16-15-11-14(19)8-7-13(15)12-18(16)9-5-4-6-10-18/h7-8,11,16,20H,4-6,9-10,12H2,1-3H3/t16?,22-/m1/s1. The van der Waals surface area contributed by atoms with Crippen molar-refractivity contribution in [2.75, 3.05) is 0 Å². The van der Waals surface area contributed by atoms with Crippen molar-refractivity contribution in [2.24, 2.45) is 5.41 Å². The minimum atomic E-state index is -1.06. The van der Waals surface area contributed by atoms with Crippen LogP contribution in [-0.2, 0) is 17.8 Å². The SMILES string of the molecule is CC(C)(C)[S@@+]([O-])NC1c2cc(Cl)ccc2CC12CCCCC2. The molecule has 2 aliphatic rings. The van der Waals surface area contributed by atoms with E-state index in [0.717, 1.165) is 11.4 Å². The van der Waals surface area contributed by atoms with E-state index in [1.54, 1.807) is 0 Å². The summed E-state index contributed by atoms with van der Waals surface area (Å²) in [6, 6.07) is 6.40. The number of fused-ring (bicyclic) bond motifs is 1. The third kappa shape index (κ3) is 3.06. The van der Waals surface area contributed by atoms with E-state index in [-0.39, 0.29) is 16.2 Å². The third-order valence-corrected chi connectivity index (χ3v) is 7.00. The van der Waals surface area contributed by atoms with Gasteiger partial charge in [0.1, 0.15) is 4.75 Å². The molecule has 0 bridgehead atoms. The smallest absolute Gasteiger partial charge is 0.136 e. The molecule has 0 amide bonds. The average molecular weight is 340 g/mol. The third-order valence-electron chi connectivity index (χ3n) is 5.20. The lowest BCUT2D eigenvalue weighted by Crippen LogP contribution is -2.46. The van der Waals surface area contributed by atoms with Crippen LogP contribution in [0.2, 0.25) is 5.02 Å². The first kappa shape index (κ1) is 16.6. The van der Waals surface area contributed by atoms with E-state index in [0.29, 0.717) is 0 Å². The molecule has 1 fully saturated rings. The van der Waals surface area contributed by atoms with E-state index in [1.165, 1.54) is 43.2 Å². The molecule has 1 aromatic carbocycles. The van der Waals surface area contributed by atoms with Gasteiger partial charge in [0.2, 0.25) is 0 Å². The highest BCUT2D eigenvalue weighted by Crippen LogP contribution is 2.54. The lowest BCUT2D eigenvalue weighted by atomic mass is 9.70. The normalized spacial score (nSPS) is 25.2. The molecule has 1 unspecified atom stereocenters. The van der Waals surface area contributed by atoms with Gasteiger partial charge in [0.15, 0.2) is 0 Å². The first-order valence-electron chi connectivity index (χ1n) is 8.28. The highest BCUT2D eigenvalue weighted by molar-refractivity contribution is 7.90. The highest BCUT2D eigenvalue weighted by atomic mass is 35.5. The van der Waals surface area contributed by atoms with Crippen LogP contribution < -0.4 is 4.72 Å². The van der Waals surface area contributed by atoms with Gasteiger partial charge in [0.25, 0.3) is 0 Å². The van der Waals surface area contributed by atoms with Crippen LogP contribution in [0.4, 0.5) is 0 Å². The molecule has 0 aliphatic heterocycles. The monoisotopic (exact) mass is 339 g/mol. The van der Waals surface area contributed by atoms with Crippen molar-refractivity contribution in [3.63, 3.8) is 0 Å². The maximum atomic E-state index is 12.7. The van der Waals surface area contributed by atoms with Crippen LogP contribution in [0.25, 0.3) is 0 Å². The Hall–Kier alpha value is -0.220. The summed E-state index contributed by atoms with van der Waals surface area (Å²) < 4.78 is 15.9. The fourth-order valence-electron chi connectivity index (χ4n) is 4.00. The first-order chi connectivity index (χ1) is 10.3. The summed E-state index contributed by atoms with van der Waals surface area (Å²) in [6.45, 7) is 6.08. The maximum Gasteiger partial charge on any atom is 0.136 e. The molecule has 22 heavy (non-hydrogen) atoms. The average Bonchev–Trinajstić information content (AvgIpc) is 2.72. The molecule has 1 spiro atoms. The van der Waals surface area contributed by atoms with Gasteiger partial charge in [-0.3, -0.25) is 0 Å². The van der Waals surface area contributed by atoms with E-state index in [2.05, 4.69) is 16.9 Å². The zero-order valence-corrected chi connectivity index (χ0v) is 15.3. The number of hydrogen-bond acceptors (Lipinski definition) is 2. The predicted molar refractivity (Wildman–Crippen MR) is 94.4 cm³/mol. The second-order valence-corrected chi connectivity index (χ2v) is 10.3. The zero-order valence-electron chi connectivity index (χ0n) is 13.7. The number of hydrogen-bond donors (Lipinski definition) is 1. The van der Waals surface area contributed by atoms with Gasteiger partial charge < -0.3 is 4.55 Å². The van der Waals surface area contributed by atoms with Crippen LogP contribution in [0.5, 0.6) is 0 Å². The van der Waals surface area contributed by atoms with Crippen molar-refractivity contribution < 1.29 is 4.55 Å². The Labute approximate surface area is 142 Å². The van der Waals surface area contributed by atoms with Crippen molar-refractivity contribution in [1.82, 2.24) is 4.72 Å². The molecule has 4 heteroatoms. The van der Waals surface area contributed by atoms with E-state index < -0.39 is 11.4 Å². The molecular weight excluding hydrogens is 314 g/mol. The Morgan fingerprint density at radius 3 is 2.55 bits per heavy atom. The molecule has 1 aromatic rings. The fourth-order valence-corrected chi connectivity index (χ4v) is 5.13. The number of halogens is 1. The largest absolute Gasteiger partial charge is 0.598 e. The van der Waals surface area contributed by atoms with Crippen molar-refractivity contribution in [3.05, 3.63) is 34.3 Å². The molecule has 2 nitrogen and oxygen atoms in total. The number of benzene rings is 1. The second kappa shape index (κ2) is 6.01. The van der Waals surface area contributed by atoms with Crippen LogP contribution in [-0.4, -0.2) is 9.30 Å². The van der Waals surface area contributed by atoms with Crippen LogP contribution in [0.3, 0.4) is 0 Å². The summed E-state index contributed by atoms with van der Waals surface area (Å²) in [4.78, 5) is 0. The molecular formula is C18H26ClNOS. The fraction of sp³-hybridized carbons (Fsp3) is 0.667. The minimum Gasteiger partial charge on any atom is -0.598 e. The van der Waals surface area contributed by atoms with Crippen molar-refractivity contribution in [3.8, 4) is 0 Å². The molecule has 2 aliphatic carbocycles. The number of nitrogens with one attached hydrogen (secondary N) is 1. The molecule has 0 aromatic heterocycles. The molecule has 122 valence electrons. The summed E-state index contributed by atoms with van der Waals surface area (Å²) in [5, 5.41) is 0.778. The van der Waals surface area contributed by atoms with Crippen LogP contribution in [0.15, 0.2) is 18.2 Å². The second-order valence-electron chi connectivity index (χ2n) is 7.87. The molecule has 3 rings (SSSR count). The van der Waals surface area contributed by atoms with Gasteiger partial charge >= 0.3 is 0 Å². The topological polar surface area (TPSA) is 35.1 Å². The molecule has 0 saturated heterocycles. The van der Waals surface area contributed by atoms with E-state index in [4.69, 9.17) is 11.6 Å². The van der Waals surface area contributed by atoms with Gasteiger partial charge in [0, 0.05) is 16.4 Å². The van der Waals surface area contributed by atoms with Crippen molar-refractivity contribution >= 4 is 23.0 Å². The van der Waals surface area contributed by atoms with Crippen LogP contribution >= 0.6 is 11.6 Å². The number of rotatable bonds is 2. The van der Waals surface area contributed by atoms with Gasteiger partial charge in [-0.05, 0) is 68.7 Å². The molecule has 1 N–H and O–H groups in total. The van der Waals surface area contributed by atoms with E-state index in [9.17, 15) is 4.55 Å². The van der Waals surface area contributed by atoms with Crippen LogP contribution in [0.1, 0.15) is 70.0 Å².